The van der Waals surface area contributed by atoms with Crippen LogP contribution in [0.2, 0.25) is 0 Å². The molecule has 2 N–H and O–H groups in total. The number of rotatable bonds is 11. The summed E-state index contributed by atoms with van der Waals surface area (Å²) in [6.07, 6.45) is 7.79. The Labute approximate surface area is 183 Å². The Morgan fingerprint density at radius 1 is 1.13 bits per heavy atom. The van der Waals surface area contributed by atoms with E-state index in [2.05, 4.69) is 19.1 Å². The van der Waals surface area contributed by atoms with Crippen LogP contribution in [0.5, 0.6) is 0 Å². The average Bonchev–Trinajstić information content (AvgIpc) is 3.36. The van der Waals surface area contributed by atoms with Gasteiger partial charge in [-0.05, 0) is 61.3 Å². The van der Waals surface area contributed by atoms with Crippen LogP contribution in [-0.4, -0.2) is 22.0 Å². The molecule has 0 amide bonds. The molecule has 0 spiro atoms. The van der Waals surface area contributed by atoms with Crippen LogP contribution in [0.4, 0.5) is 0 Å². The Balaban J connectivity index is 1.56. The van der Waals surface area contributed by atoms with Crippen LogP contribution in [0.15, 0.2) is 36.4 Å². The third kappa shape index (κ3) is 5.79. The zero-order valence-electron chi connectivity index (χ0n) is 17.7. The van der Waals surface area contributed by atoms with Gasteiger partial charge in [0.25, 0.3) is 0 Å². The van der Waals surface area contributed by atoms with Crippen LogP contribution in [0.25, 0.3) is 0 Å². The summed E-state index contributed by atoms with van der Waals surface area (Å²) in [7, 11) is 0. The molecule has 1 heterocycles. The molecule has 0 aliphatic heterocycles. The van der Waals surface area contributed by atoms with Gasteiger partial charge in [-0.2, -0.15) is 0 Å². The number of carbonyl (C=O) groups is 2. The first-order valence-corrected chi connectivity index (χ1v) is 11.9. The Bertz CT molecular complexity index is 839. The lowest BCUT2D eigenvalue weighted by atomic mass is 9.84. The number of Topliss-reactive ketones (excluding diaryl/α,β-unsaturated/α-hetero) is 1. The summed E-state index contributed by atoms with van der Waals surface area (Å²) < 4.78 is 0. The molecule has 30 heavy (non-hydrogen) atoms. The molecule has 3 atom stereocenters. The lowest BCUT2D eigenvalue weighted by Crippen LogP contribution is -2.14. The molecule has 1 saturated carbocycles. The number of carbonyl (C=O) groups excluding carboxylic acids is 1. The van der Waals surface area contributed by atoms with Gasteiger partial charge in [0.1, 0.15) is 10.7 Å². The second-order valence-corrected chi connectivity index (χ2v) is 9.53. The quantitative estimate of drug-likeness (QED) is 0.421. The minimum atomic E-state index is -0.879. The highest BCUT2D eigenvalue weighted by molar-refractivity contribution is 7.13. The molecule has 1 aromatic heterocycles. The van der Waals surface area contributed by atoms with E-state index in [1.54, 1.807) is 6.07 Å². The molecule has 2 aromatic rings. The predicted octanol–water partition coefficient (Wildman–Crippen LogP) is 6.15. The van der Waals surface area contributed by atoms with Crippen molar-refractivity contribution in [1.82, 2.24) is 0 Å². The highest BCUT2D eigenvalue weighted by Crippen LogP contribution is 2.40. The van der Waals surface area contributed by atoms with Crippen molar-refractivity contribution in [1.29, 1.82) is 0 Å². The summed E-state index contributed by atoms with van der Waals surface area (Å²) in [6.45, 7) is 2.16. The number of aliphatic hydroxyl groups is 1. The Morgan fingerprint density at radius 3 is 2.57 bits per heavy atom. The number of aromatic carboxylic acids is 1. The molecule has 1 aliphatic carbocycles. The molecular formula is C25H32O4S. The summed E-state index contributed by atoms with van der Waals surface area (Å²) in [6, 6.07) is 11.8. The number of carboxylic acid groups (broad SMARTS) is 1. The number of carboxylic acids is 1. The smallest absolute Gasteiger partial charge is 0.345 e. The predicted molar refractivity (Wildman–Crippen MR) is 120 cm³/mol. The highest BCUT2D eigenvalue weighted by Gasteiger charge is 2.35. The molecule has 0 radical (unpaired) electrons. The first-order valence-electron chi connectivity index (χ1n) is 11.1. The van der Waals surface area contributed by atoms with Crippen molar-refractivity contribution in [3.05, 3.63) is 57.3 Å². The molecule has 4 nitrogen and oxygen atoms in total. The minimum Gasteiger partial charge on any atom is -0.477 e. The third-order valence-corrected chi connectivity index (χ3v) is 7.38. The van der Waals surface area contributed by atoms with Gasteiger partial charge in [-0.3, -0.25) is 4.79 Å². The SMILES string of the molecule is CCCCCC(O)c1ccc([C@H]2CCC(=O)[C@@H]2CCCc2ccc(C(=O)O)s2)cc1. The first kappa shape index (κ1) is 22.7. The van der Waals surface area contributed by atoms with Gasteiger partial charge in [-0.1, -0.05) is 50.5 Å². The Morgan fingerprint density at radius 2 is 1.90 bits per heavy atom. The first-order chi connectivity index (χ1) is 14.5. The van der Waals surface area contributed by atoms with Crippen LogP contribution in [0.3, 0.4) is 0 Å². The van der Waals surface area contributed by atoms with Crippen molar-refractivity contribution in [3.8, 4) is 0 Å². The van der Waals surface area contributed by atoms with Crippen molar-refractivity contribution in [2.45, 2.75) is 76.7 Å². The van der Waals surface area contributed by atoms with Gasteiger partial charge in [0.05, 0.1) is 6.10 Å². The fourth-order valence-electron chi connectivity index (χ4n) is 4.51. The van der Waals surface area contributed by atoms with Crippen molar-refractivity contribution in [2.24, 2.45) is 5.92 Å². The van der Waals surface area contributed by atoms with Gasteiger partial charge < -0.3 is 10.2 Å². The number of hydrogen-bond acceptors (Lipinski definition) is 4. The zero-order chi connectivity index (χ0) is 21.5. The second kappa shape index (κ2) is 10.9. The number of ketones is 1. The summed E-state index contributed by atoms with van der Waals surface area (Å²) in [5.41, 5.74) is 2.15. The van der Waals surface area contributed by atoms with Gasteiger partial charge >= 0.3 is 5.97 Å². The van der Waals surface area contributed by atoms with Gasteiger partial charge in [0.2, 0.25) is 0 Å². The van der Waals surface area contributed by atoms with E-state index < -0.39 is 12.1 Å². The highest BCUT2D eigenvalue weighted by atomic mass is 32.1. The van der Waals surface area contributed by atoms with Gasteiger partial charge in [0.15, 0.2) is 0 Å². The summed E-state index contributed by atoms with van der Waals surface area (Å²) in [5.74, 6) is -0.233. The van der Waals surface area contributed by atoms with E-state index in [0.717, 1.165) is 61.8 Å². The summed E-state index contributed by atoms with van der Waals surface area (Å²) >= 11 is 1.32. The molecule has 1 fully saturated rings. The van der Waals surface area contributed by atoms with Crippen LogP contribution in [0.1, 0.15) is 96.0 Å². The Hall–Kier alpha value is -1.98. The second-order valence-electron chi connectivity index (χ2n) is 8.36. The van der Waals surface area contributed by atoms with Crippen LogP contribution < -0.4 is 0 Å². The number of thiophene rings is 1. The van der Waals surface area contributed by atoms with E-state index >= 15 is 0 Å². The topological polar surface area (TPSA) is 74.6 Å². The van der Waals surface area contributed by atoms with Crippen molar-refractivity contribution >= 4 is 23.1 Å². The van der Waals surface area contributed by atoms with Crippen LogP contribution in [-0.2, 0) is 11.2 Å². The number of hydrogen-bond donors (Lipinski definition) is 2. The third-order valence-electron chi connectivity index (χ3n) is 6.24. The number of aryl methyl sites for hydroxylation is 1. The molecule has 3 rings (SSSR count). The Kier molecular flexibility index (Phi) is 8.23. The van der Waals surface area contributed by atoms with Crippen molar-refractivity contribution < 1.29 is 19.8 Å². The minimum absolute atomic E-state index is 0.0456. The van der Waals surface area contributed by atoms with E-state index in [1.165, 1.54) is 16.9 Å². The summed E-state index contributed by atoms with van der Waals surface area (Å²) in [4.78, 5) is 25.0. The van der Waals surface area contributed by atoms with Crippen molar-refractivity contribution in [2.75, 3.05) is 0 Å². The van der Waals surface area contributed by atoms with Crippen LogP contribution >= 0.6 is 11.3 Å². The average molecular weight is 429 g/mol. The maximum absolute atomic E-state index is 12.5. The monoisotopic (exact) mass is 428 g/mol. The molecule has 1 aliphatic rings. The van der Waals surface area contributed by atoms with Crippen LogP contribution in [0, 0.1) is 5.92 Å². The van der Waals surface area contributed by atoms with Gasteiger partial charge in [0, 0.05) is 17.2 Å². The number of unbranched alkanes of at least 4 members (excludes halogenated alkanes) is 2. The van der Waals surface area contributed by atoms with E-state index in [4.69, 9.17) is 5.11 Å². The molecule has 162 valence electrons. The zero-order valence-corrected chi connectivity index (χ0v) is 18.5. The van der Waals surface area contributed by atoms with E-state index in [0.29, 0.717) is 17.1 Å². The standard InChI is InChI=1S/C25H32O4S/c1-2-3-4-8-22(26)18-11-9-17(10-12-18)20-14-15-23(27)21(20)7-5-6-19-13-16-24(30-19)25(28)29/h9-13,16,20-22,26H,2-8,14-15H2,1H3,(H,28,29)/t20-,21-,22?/m1/s1. The maximum atomic E-state index is 12.5. The maximum Gasteiger partial charge on any atom is 0.345 e. The van der Waals surface area contributed by atoms with Gasteiger partial charge in [-0.15, -0.1) is 11.3 Å². The van der Waals surface area contributed by atoms with E-state index in [1.807, 2.05) is 18.2 Å². The molecule has 0 bridgehead atoms. The molecule has 5 heteroatoms. The van der Waals surface area contributed by atoms with Crippen molar-refractivity contribution in [3.63, 3.8) is 0 Å². The fourth-order valence-corrected chi connectivity index (χ4v) is 5.40. The number of aliphatic hydroxyl groups excluding tert-OH is 1. The van der Waals surface area contributed by atoms with E-state index in [9.17, 15) is 14.7 Å². The largest absolute Gasteiger partial charge is 0.477 e. The normalized spacial score (nSPS) is 19.9. The molecular weight excluding hydrogens is 396 g/mol. The molecule has 0 saturated heterocycles. The molecule has 1 aromatic carbocycles. The number of benzene rings is 1. The summed E-state index contributed by atoms with van der Waals surface area (Å²) in [5, 5.41) is 19.4. The molecule has 1 unspecified atom stereocenters. The van der Waals surface area contributed by atoms with Gasteiger partial charge in [-0.25, -0.2) is 4.79 Å². The fraction of sp³-hybridized carbons (Fsp3) is 0.520. The van der Waals surface area contributed by atoms with E-state index in [-0.39, 0.29) is 11.8 Å². The lowest BCUT2D eigenvalue weighted by molar-refractivity contribution is -0.121. The lowest BCUT2D eigenvalue weighted by Gasteiger charge is -2.20.